The lowest BCUT2D eigenvalue weighted by molar-refractivity contribution is -0.145. The van der Waals surface area contributed by atoms with Crippen LogP contribution in [-0.2, 0) is 9.47 Å². The Morgan fingerprint density at radius 2 is 1.62 bits per heavy atom. The number of likely N-dealkylation sites (tertiary alicyclic amines) is 1. The van der Waals surface area contributed by atoms with Crippen LogP contribution in [0.15, 0.2) is 48.9 Å². The molecule has 1 aromatic carbocycles. The molecule has 0 unspecified atom stereocenters. The van der Waals surface area contributed by atoms with Gasteiger partial charge in [0.2, 0.25) is 0 Å². The summed E-state index contributed by atoms with van der Waals surface area (Å²) < 4.78 is 17.1. The number of nitrogens with zero attached hydrogens (tertiary/aromatic N) is 6. The molecule has 2 fully saturated rings. The van der Waals surface area contributed by atoms with Gasteiger partial charge in [0.1, 0.15) is 23.4 Å². The van der Waals surface area contributed by atoms with Crippen molar-refractivity contribution in [2.45, 2.75) is 32.2 Å². The molecule has 6 rings (SSSR count). The molecule has 238 valence electrons. The first-order valence-corrected chi connectivity index (χ1v) is 15.9. The maximum atomic E-state index is 13.2. The molecule has 11 nitrogen and oxygen atoms in total. The fraction of sp³-hybridized carbons (Fsp3) is 0.438. The van der Waals surface area contributed by atoms with Gasteiger partial charge in [-0.3, -0.25) is 10.1 Å². The molecule has 0 radical (unpaired) electrons. The Hall–Kier alpha value is -3.64. The number of hydrogen-bond donors (Lipinski definition) is 1. The molecule has 0 bridgehead atoms. The van der Waals surface area contributed by atoms with Crippen molar-refractivity contribution in [2.75, 3.05) is 58.4 Å². The van der Waals surface area contributed by atoms with Gasteiger partial charge in [-0.25, -0.2) is 9.78 Å². The number of hydrogen-bond acceptors (Lipinski definition) is 8. The van der Waals surface area contributed by atoms with Gasteiger partial charge in [0, 0.05) is 94.5 Å². The van der Waals surface area contributed by atoms with Crippen molar-refractivity contribution in [3.8, 4) is 17.0 Å². The van der Waals surface area contributed by atoms with Gasteiger partial charge in [-0.1, -0.05) is 23.2 Å². The quantitative estimate of drug-likeness (QED) is 0.229. The van der Waals surface area contributed by atoms with E-state index in [1.807, 2.05) is 53.3 Å². The third-order valence-corrected chi connectivity index (χ3v) is 9.30. The number of carbonyl (C=O) groups is 1. The van der Waals surface area contributed by atoms with Gasteiger partial charge in [-0.05, 0) is 50.1 Å². The van der Waals surface area contributed by atoms with Gasteiger partial charge in [-0.15, -0.1) is 0 Å². The minimum absolute atomic E-state index is 0.109. The maximum Gasteiger partial charge on any atom is 0.320 e. The summed E-state index contributed by atoms with van der Waals surface area (Å²) in [4.78, 5) is 28.1. The van der Waals surface area contributed by atoms with E-state index in [1.54, 1.807) is 26.6 Å². The first-order chi connectivity index (χ1) is 21.9. The summed E-state index contributed by atoms with van der Waals surface area (Å²) in [5.74, 6) is 1.85. The van der Waals surface area contributed by atoms with E-state index in [1.165, 1.54) is 0 Å². The molecule has 1 N–H and O–H groups in total. The number of aromatic nitrogens is 4. The zero-order valence-electron chi connectivity index (χ0n) is 25.6. The number of anilines is 1. The Kier molecular flexibility index (Phi) is 9.60. The lowest BCUT2D eigenvalue weighted by Crippen LogP contribution is -2.54. The molecular formula is C32H37Cl2N7O4. The van der Waals surface area contributed by atoms with Crippen molar-refractivity contribution in [2.24, 2.45) is 5.92 Å². The number of carbonyl (C=O) groups excluding carboxylic acids is 1. The molecule has 0 aliphatic carbocycles. The summed E-state index contributed by atoms with van der Waals surface area (Å²) in [6.07, 6.45) is 6.12. The minimum Gasteiger partial charge on any atom is -0.486 e. The molecule has 2 saturated heterocycles. The van der Waals surface area contributed by atoms with Gasteiger partial charge in [0.15, 0.2) is 6.29 Å². The molecule has 1 atom stereocenters. The van der Waals surface area contributed by atoms with Gasteiger partial charge in [0.25, 0.3) is 0 Å². The number of ether oxygens (including phenoxy) is 3. The molecule has 4 aromatic rings. The number of methoxy groups -OCH3 is 2. The number of fused-ring (bicyclic) bond motifs is 1. The Bertz CT molecular complexity index is 1600. The third kappa shape index (κ3) is 6.67. The number of benzene rings is 1. The molecule has 2 aliphatic heterocycles. The van der Waals surface area contributed by atoms with Gasteiger partial charge in [-0.2, -0.15) is 5.10 Å². The minimum atomic E-state index is -0.380. The number of halogens is 2. The van der Waals surface area contributed by atoms with Crippen LogP contribution in [-0.4, -0.2) is 95.8 Å². The van der Waals surface area contributed by atoms with E-state index in [0.29, 0.717) is 40.4 Å². The average molecular weight is 655 g/mol. The zero-order chi connectivity index (χ0) is 31.5. The van der Waals surface area contributed by atoms with E-state index in [9.17, 15) is 4.79 Å². The average Bonchev–Trinajstić information content (AvgIpc) is 3.49. The summed E-state index contributed by atoms with van der Waals surface area (Å²) in [5, 5.41) is 9.50. The second-order valence-electron chi connectivity index (χ2n) is 11.4. The van der Waals surface area contributed by atoms with Gasteiger partial charge >= 0.3 is 6.03 Å². The highest BCUT2D eigenvalue weighted by atomic mass is 35.5. The van der Waals surface area contributed by atoms with Crippen LogP contribution >= 0.6 is 23.2 Å². The smallest absolute Gasteiger partial charge is 0.320 e. The van der Waals surface area contributed by atoms with E-state index in [2.05, 4.69) is 20.1 Å². The van der Waals surface area contributed by atoms with Crippen LogP contribution in [0.1, 0.15) is 31.4 Å². The van der Waals surface area contributed by atoms with Crippen LogP contribution in [0.3, 0.4) is 0 Å². The summed E-state index contributed by atoms with van der Waals surface area (Å²) in [7, 11) is 3.33. The van der Waals surface area contributed by atoms with Crippen LogP contribution in [0.4, 0.5) is 10.6 Å². The lowest BCUT2D eigenvalue weighted by atomic mass is 9.96. The van der Waals surface area contributed by atoms with Crippen molar-refractivity contribution in [3.05, 3.63) is 64.5 Å². The van der Waals surface area contributed by atoms with Crippen LogP contribution in [0.25, 0.3) is 22.2 Å². The van der Waals surface area contributed by atoms with Crippen molar-refractivity contribution in [1.82, 2.24) is 30.0 Å². The SMILES string of the molecule is COC(OC)C1CCN(C(=O)N2CCN(c3ccc(-c4n[nH]c5ccc(O[C@H](C)c6c(Cl)cncc6Cl)cc45)cn3)CC2)CC1. The molecule has 45 heavy (non-hydrogen) atoms. The summed E-state index contributed by atoms with van der Waals surface area (Å²) in [6, 6.07) is 9.92. The monoisotopic (exact) mass is 653 g/mol. The number of H-pyrrole nitrogens is 1. The fourth-order valence-electron chi connectivity index (χ4n) is 6.24. The Morgan fingerprint density at radius 3 is 2.27 bits per heavy atom. The normalized spacial score (nSPS) is 16.9. The standard InChI is InChI=1S/C32H37Cl2N7O4/c1-20(29-25(33)18-35-19-26(29)34)45-23-5-6-27-24(16-23)30(38-37-27)22-4-7-28(36-17-22)39-12-14-41(15-13-39)32(42)40-10-8-21(9-11-40)31(43-2)44-3/h4-7,16-21,31H,8-15H2,1-3H3,(H,37,38)/t20-/m1/s1. The molecule has 0 saturated carbocycles. The number of piperazine rings is 1. The van der Waals surface area contributed by atoms with Crippen LogP contribution in [0.5, 0.6) is 5.75 Å². The number of piperidine rings is 1. The van der Waals surface area contributed by atoms with E-state index < -0.39 is 0 Å². The van der Waals surface area contributed by atoms with E-state index >= 15 is 0 Å². The first kappa shape index (κ1) is 31.3. The van der Waals surface area contributed by atoms with Crippen molar-refractivity contribution < 1.29 is 19.0 Å². The van der Waals surface area contributed by atoms with Crippen LogP contribution < -0.4 is 9.64 Å². The van der Waals surface area contributed by atoms with Crippen LogP contribution in [0, 0.1) is 5.92 Å². The van der Waals surface area contributed by atoms with Crippen molar-refractivity contribution >= 4 is 46.0 Å². The largest absolute Gasteiger partial charge is 0.486 e. The highest BCUT2D eigenvalue weighted by molar-refractivity contribution is 6.35. The van der Waals surface area contributed by atoms with Crippen LogP contribution in [0.2, 0.25) is 10.0 Å². The van der Waals surface area contributed by atoms with Gasteiger partial charge < -0.3 is 28.9 Å². The highest BCUT2D eigenvalue weighted by Crippen LogP contribution is 2.35. The molecular weight excluding hydrogens is 617 g/mol. The second-order valence-corrected chi connectivity index (χ2v) is 12.2. The number of amides is 2. The summed E-state index contributed by atoms with van der Waals surface area (Å²) in [5.41, 5.74) is 3.24. The topological polar surface area (TPSA) is 109 Å². The number of aromatic amines is 1. The molecule has 5 heterocycles. The van der Waals surface area contributed by atoms with Gasteiger partial charge in [0.05, 0.1) is 15.6 Å². The number of nitrogens with one attached hydrogen (secondary N) is 1. The van der Waals surface area contributed by atoms with E-state index in [4.69, 9.17) is 42.4 Å². The molecule has 2 aliphatic rings. The predicted octanol–water partition coefficient (Wildman–Crippen LogP) is 6.04. The Morgan fingerprint density at radius 1 is 0.933 bits per heavy atom. The van der Waals surface area contributed by atoms with Crippen molar-refractivity contribution in [1.29, 1.82) is 0 Å². The zero-order valence-corrected chi connectivity index (χ0v) is 27.1. The van der Waals surface area contributed by atoms with E-state index in [0.717, 1.165) is 67.0 Å². The molecule has 13 heteroatoms. The molecule has 3 aromatic heterocycles. The highest BCUT2D eigenvalue weighted by Gasteiger charge is 2.32. The Labute approximate surface area is 272 Å². The van der Waals surface area contributed by atoms with E-state index in [-0.39, 0.29) is 18.4 Å². The Balaban J connectivity index is 1.07. The molecule has 2 amide bonds. The number of pyridine rings is 2. The molecule has 0 spiro atoms. The summed E-state index contributed by atoms with van der Waals surface area (Å²) in [6.45, 7) is 6.09. The maximum absolute atomic E-state index is 13.2. The lowest BCUT2D eigenvalue weighted by Gasteiger charge is -2.40. The fourth-order valence-corrected chi connectivity index (χ4v) is 6.92. The first-order valence-electron chi connectivity index (χ1n) is 15.1. The number of urea groups is 1. The summed E-state index contributed by atoms with van der Waals surface area (Å²) >= 11 is 12.7. The predicted molar refractivity (Wildman–Crippen MR) is 174 cm³/mol. The van der Waals surface area contributed by atoms with Crippen molar-refractivity contribution in [3.63, 3.8) is 0 Å². The third-order valence-electron chi connectivity index (χ3n) is 8.70. The number of rotatable bonds is 8. The second kappa shape index (κ2) is 13.8.